The number of fused-ring (bicyclic) bond motifs is 1. The van der Waals surface area contributed by atoms with Crippen molar-refractivity contribution in [2.45, 2.75) is 32.7 Å². The molecule has 10 heteroatoms. The number of halogens is 3. The van der Waals surface area contributed by atoms with Gasteiger partial charge in [0.1, 0.15) is 18.1 Å². The summed E-state index contributed by atoms with van der Waals surface area (Å²) in [4.78, 5) is 33.3. The monoisotopic (exact) mass is 524 g/mol. The van der Waals surface area contributed by atoms with Gasteiger partial charge in [-0.2, -0.15) is 0 Å². The Morgan fingerprint density at radius 2 is 1.74 bits per heavy atom. The van der Waals surface area contributed by atoms with Gasteiger partial charge in [0.25, 0.3) is 0 Å². The molecular weight excluding hydrogens is 501 g/mol. The summed E-state index contributed by atoms with van der Waals surface area (Å²) in [6.07, 6.45) is -3.87. The molecule has 0 N–H and O–H groups in total. The van der Waals surface area contributed by atoms with Crippen LogP contribution in [-0.2, 0) is 16.1 Å². The topological polar surface area (TPSA) is 87.6 Å². The molecule has 196 valence electrons. The summed E-state index contributed by atoms with van der Waals surface area (Å²) in [5, 5.41) is 0.642. The highest BCUT2D eigenvalue weighted by Gasteiger charge is 2.31. The SMILES string of the molecule is CCOC(=O)CCC(=O)c1nc2c(-c3ccc(OC(F)(F)F)nc3)cccc2cc1OCc1ccccc1. The third kappa shape index (κ3) is 6.84. The number of ether oxygens (including phenoxy) is 3. The summed E-state index contributed by atoms with van der Waals surface area (Å²) >= 11 is 0. The molecule has 0 radical (unpaired) electrons. The van der Waals surface area contributed by atoms with E-state index in [1.807, 2.05) is 30.3 Å². The maximum absolute atomic E-state index is 13.2. The highest BCUT2D eigenvalue weighted by atomic mass is 19.4. The molecule has 0 aliphatic carbocycles. The zero-order valence-electron chi connectivity index (χ0n) is 20.3. The number of benzene rings is 2. The number of para-hydroxylation sites is 1. The molecule has 0 aliphatic rings. The first-order valence-corrected chi connectivity index (χ1v) is 11.7. The van der Waals surface area contributed by atoms with Gasteiger partial charge >= 0.3 is 12.3 Å². The van der Waals surface area contributed by atoms with Crippen molar-refractivity contribution in [3.63, 3.8) is 0 Å². The lowest BCUT2D eigenvalue weighted by molar-refractivity contribution is -0.276. The minimum atomic E-state index is -4.86. The van der Waals surface area contributed by atoms with Crippen molar-refractivity contribution < 1.29 is 37.0 Å². The average molecular weight is 524 g/mol. The molecule has 0 bridgehead atoms. The van der Waals surface area contributed by atoms with Crippen molar-refractivity contribution in [1.29, 1.82) is 0 Å². The second-order valence-corrected chi connectivity index (χ2v) is 8.15. The molecular formula is C28H23F3N2O5. The van der Waals surface area contributed by atoms with E-state index in [9.17, 15) is 22.8 Å². The van der Waals surface area contributed by atoms with Crippen molar-refractivity contribution in [3.05, 3.63) is 84.2 Å². The van der Waals surface area contributed by atoms with E-state index in [0.717, 1.165) is 11.6 Å². The molecule has 4 aromatic rings. The molecule has 0 unspecified atom stereocenters. The van der Waals surface area contributed by atoms with Crippen molar-refractivity contribution >= 4 is 22.7 Å². The van der Waals surface area contributed by atoms with Crippen LogP contribution in [-0.4, -0.2) is 34.7 Å². The van der Waals surface area contributed by atoms with Crippen LogP contribution in [0.2, 0.25) is 0 Å². The minimum Gasteiger partial charge on any atom is -0.486 e. The number of rotatable bonds is 10. The predicted molar refractivity (Wildman–Crippen MR) is 133 cm³/mol. The molecule has 0 atom stereocenters. The number of hydrogen-bond donors (Lipinski definition) is 0. The van der Waals surface area contributed by atoms with Gasteiger partial charge < -0.3 is 14.2 Å². The first kappa shape index (κ1) is 26.6. The number of nitrogens with zero attached hydrogens (tertiary/aromatic N) is 2. The van der Waals surface area contributed by atoms with Gasteiger partial charge in [-0.15, -0.1) is 13.2 Å². The third-order valence-corrected chi connectivity index (χ3v) is 5.44. The minimum absolute atomic E-state index is 0.0372. The van der Waals surface area contributed by atoms with E-state index >= 15 is 0 Å². The van der Waals surface area contributed by atoms with Crippen LogP contribution in [0.25, 0.3) is 22.0 Å². The highest BCUT2D eigenvalue weighted by molar-refractivity contribution is 6.03. The van der Waals surface area contributed by atoms with Crippen LogP contribution in [0.15, 0.2) is 72.9 Å². The second-order valence-electron chi connectivity index (χ2n) is 8.15. The number of carbonyl (C=O) groups excluding carboxylic acids is 2. The predicted octanol–water partition coefficient (Wildman–Crippen LogP) is 6.30. The third-order valence-electron chi connectivity index (χ3n) is 5.44. The van der Waals surface area contributed by atoms with Gasteiger partial charge in [0.05, 0.1) is 18.5 Å². The average Bonchev–Trinajstić information content (AvgIpc) is 2.90. The molecule has 7 nitrogen and oxygen atoms in total. The zero-order valence-corrected chi connectivity index (χ0v) is 20.3. The van der Waals surface area contributed by atoms with E-state index in [2.05, 4.69) is 14.7 Å². The fraction of sp³-hybridized carbons (Fsp3) is 0.214. The maximum Gasteiger partial charge on any atom is 0.574 e. The number of pyridine rings is 2. The van der Waals surface area contributed by atoms with E-state index in [1.165, 1.54) is 12.3 Å². The molecule has 0 saturated heterocycles. The van der Waals surface area contributed by atoms with Crippen LogP contribution in [0.5, 0.6) is 11.6 Å². The summed E-state index contributed by atoms with van der Waals surface area (Å²) in [6, 6.07) is 18.8. The second kappa shape index (κ2) is 11.7. The first-order chi connectivity index (χ1) is 18.2. The van der Waals surface area contributed by atoms with E-state index in [1.54, 1.807) is 31.2 Å². The number of ketones is 1. The van der Waals surface area contributed by atoms with Gasteiger partial charge in [-0.05, 0) is 24.6 Å². The summed E-state index contributed by atoms with van der Waals surface area (Å²) in [5.74, 6) is -1.26. The number of Topliss-reactive ketones (excluding diaryl/α,β-unsaturated/α-hetero) is 1. The quantitative estimate of drug-likeness (QED) is 0.178. The molecule has 4 rings (SSSR count). The number of esters is 1. The summed E-state index contributed by atoms with van der Waals surface area (Å²) in [7, 11) is 0. The first-order valence-electron chi connectivity index (χ1n) is 11.7. The van der Waals surface area contributed by atoms with E-state index in [-0.39, 0.29) is 37.5 Å². The molecule has 0 spiro atoms. The molecule has 2 aromatic carbocycles. The fourth-order valence-electron chi connectivity index (χ4n) is 3.74. The largest absolute Gasteiger partial charge is 0.574 e. The van der Waals surface area contributed by atoms with Crippen LogP contribution in [0.4, 0.5) is 13.2 Å². The molecule has 0 saturated carbocycles. The Morgan fingerprint density at radius 3 is 2.42 bits per heavy atom. The van der Waals surface area contributed by atoms with Crippen LogP contribution >= 0.6 is 0 Å². The lowest BCUT2D eigenvalue weighted by atomic mass is 10.0. The molecule has 0 amide bonds. The van der Waals surface area contributed by atoms with Gasteiger partial charge in [0, 0.05) is 35.2 Å². The van der Waals surface area contributed by atoms with Crippen molar-refractivity contribution in [2.75, 3.05) is 6.61 Å². The van der Waals surface area contributed by atoms with Crippen molar-refractivity contribution in [2.24, 2.45) is 0 Å². The number of alkyl halides is 3. The zero-order chi connectivity index (χ0) is 27.1. The van der Waals surface area contributed by atoms with Crippen LogP contribution < -0.4 is 9.47 Å². The standard InChI is InChI=1S/C28H23F3N2O5/c1-2-36-25(35)14-12-22(34)27-23(37-17-18-7-4-3-5-8-18)15-19-9-6-10-21(26(19)33-27)20-11-13-24(32-16-20)38-28(29,30)31/h3-11,13,15-16H,2,12,14,17H2,1H3. The summed E-state index contributed by atoms with van der Waals surface area (Å²) in [6.45, 7) is 2.08. The molecule has 2 aromatic heterocycles. The Kier molecular flexibility index (Phi) is 8.20. The summed E-state index contributed by atoms with van der Waals surface area (Å²) < 4.78 is 52.3. The highest BCUT2D eigenvalue weighted by Crippen LogP contribution is 2.33. The van der Waals surface area contributed by atoms with E-state index in [0.29, 0.717) is 22.0 Å². The van der Waals surface area contributed by atoms with E-state index in [4.69, 9.17) is 9.47 Å². The van der Waals surface area contributed by atoms with Crippen LogP contribution in [0.3, 0.4) is 0 Å². The van der Waals surface area contributed by atoms with Gasteiger partial charge in [0.15, 0.2) is 5.78 Å². The Hall–Kier alpha value is -4.47. The molecule has 2 heterocycles. The fourth-order valence-corrected chi connectivity index (χ4v) is 3.74. The Balaban J connectivity index is 1.71. The van der Waals surface area contributed by atoms with Gasteiger partial charge in [-0.1, -0.05) is 48.5 Å². The van der Waals surface area contributed by atoms with E-state index < -0.39 is 24.0 Å². The van der Waals surface area contributed by atoms with Gasteiger partial charge in [0.2, 0.25) is 5.88 Å². The smallest absolute Gasteiger partial charge is 0.486 e. The lowest BCUT2D eigenvalue weighted by Gasteiger charge is -2.14. The Morgan fingerprint density at radius 1 is 0.947 bits per heavy atom. The Bertz CT molecular complexity index is 1420. The maximum atomic E-state index is 13.2. The number of hydrogen-bond acceptors (Lipinski definition) is 7. The van der Waals surface area contributed by atoms with Crippen LogP contribution in [0, 0.1) is 0 Å². The van der Waals surface area contributed by atoms with Gasteiger partial charge in [-0.25, -0.2) is 9.97 Å². The summed E-state index contributed by atoms with van der Waals surface area (Å²) in [5.41, 5.74) is 2.36. The van der Waals surface area contributed by atoms with Gasteiger partial charge in [-0.3, -0.25) is 9.59 Å². The molecule has 38 heavy (non-hydrogen) atoms. The van der Waals surface area contributed by atoms with Crippen molar-refractivity contribution in [1.82, 2.24) is 9.97 Å². The number of carbonyl (C=O) groups is 2. The normalized spacial score (nSPS) is 11.3. The van der Waals surface area contributed by atoms with Crippen molar-refractivity contribution in [3.8, 4) is 22.8 Å². The number of aromatic nitrogens is 2. The molecule has 0 fully saturated rings. The molecule has 0 aliphatic heterocycles. The van der Waals surface area contributed by atoms with Crippen LogP contribution in [0.1, 0.15) is 35.8 Å². The lowest BCUT2D eigenvalue weighted by Crippen LogP contribution is -2.17. The Labute approximate surface area is 216 Å².